The highest BCUT2D eigenvalue weighted by Crippen LogP contribution is 2.03. The van der Waals surface area contributed by atoms with E-state index in [1.807, 2.05) is 6.92 Å². The number of carbonyl (C=O) groups is 1. The summed E-state index contributed by atoms with van der Waals surface area (Å²) < 4.78 is 6.18. The van der Waals surface area contributed by atoms with Gasteiger partial charge in [0.05, 0.1) is 0 Å². The highest BCUT2D eigenvalue weighted by atomic mass is 16.5. The number of aromatic amines is 1. The highest BCUT2D eigenvalue weighted by Gasteiger charge is 2.13. The molecule has 0 atom stereocenters. The molecule has 0 saturated heterocycles. The summed E-state index contributed by atoms with van der Waals surface area (Å²) in [5.74, 6) is -0.779. The number of ether oxygens (including phenoxy) is 1. The molecule has 0 fully saturated rings. The van der Waals surface area contributed by atoms with Crippen molar-refractivity contribution in [3.8, 4) is 0 Å². The fourth-order valence-corrected chi connectivity index (χ4v) is 1.41. The molecule has 96 valence electrons. The summed E-state index contributed by atoms with van der Waals surface area (Å²) in [6, 6.07) is 0. The van der Waals surface area contributed by atoms with Gasteiger partial charge in [-0.3, -0.25) is 9.59 Å². The maximum atomic E-state index is 11.6. The van der Waals surface area contributed by atoms with Crippen LogP contribution in [0.2, 0.25) is 0 Å². The zero-order valence-electron chi connectivity index (χ0n) is 9.58. The number of fused-ring (bicyclic) bond motifs is 1. The van der Waals surface area contributed by atoms with Gasteiger partial charge in [-0.25, -0.2) is 9.67 Å². The van der Waals surface area contributed by atoms with Crippen LogP contribution in [0.5, 0.6) is 0 Å². The van der Waals surface area contributed by atoms with Crippen LogP contribution in [0.25, 0.3) is 11.2 Å². The Kier molecular flexibility index (Phi) is 3.33. The minimum absolute atomic E-state index is 0.0106. The standard InChI is InChI=1S/C9H11N5O4/c1-2-18-4-5-10-8-7(9(17)11-5)12-13-14(8)3-6(15)16/h2-4H2,1H3,(H,15,16)(H,10,11,17). The Morgan fingerprint density at radius 3 is 3.00 bits per heavy atom. The van der Waals surface area contributed by atoms with E-state index in [4.69, 9.17) is 9.84 Å². The number of carboxylic acids is 1. The Morgan fingerprint density at radius 1 is 1.56 bits per heavy atom. The highest BCUT2D eigenvalue weighted by molar-refractivity contribution is 5.72. The molecule has 0 aliphatic rings. The molecule has 0 radical (unpaired) electrons. The molecule has 0 saturated carbocycles. The molecule has 9 heteroatoms. The summed E-state index contributed by atoms with van der Waals surface area (Å²) in [5.41, 5.74) is -0.321. The first-order valence-electron chi connectivity index (χ1n) is 5.23. The molecular formula is C9H11N5O4. The molecule has 2 N–H and O–H groups in total. The van der Waals surface area contributed by atoms with E-state index >= 15 is 0 Å². The quantitative estimate of drug-likeness (QED) is 0.710. The number of hydrogen-bond acceptors (Lipinski definition) is 6. The first-order chi connectivity index (χ1) is 8.61. The summed E-state index contributed by atoms with van der Waals surface area (Å²) in [7, 11) is 0. The second-order valence-corrected chi connectivity index (χ2v) is 3.46. The number of hydrogen-bond donors (Lipinski definition) is 2. The van der Waals surface area contributed by atoms with E-state index in [-0.39, 0.29) is 17.8 Å². The maximum Gasteiger partial charge on any atom is 0.325 e. The van der Waals surface area contributed by atoms with Gasteiger partial charge in [0.2, 0.25) is 0 Å². The molecule has 0 spiro atoms. The van der Waals surface area contributed by atoms with Crippen LogP contribution in [0, 0.1) is 0 Å². The van der Waals surface area contributed by atoms with Crippen molar-refractivity contribution >= 4 is 17.1 Å². The molecule has 0 aromatic carbocycles. The third kappa shape index (κ3) is 2.35. The van der Waals surface area contributed by atoms with Crippen molar-refractivity contribution < 1.29 is 14.6 Å². The van der Waals surface area contributed by atoms with Gasteiger partial charge < -0.3 is 14.8 Å². The van der Waals surface area contributed by atoms with E-state index in [1.54, 1.807) is 0 Å². The van der Waals surface area contributed by atoms with Crippen LogP contribution < -0.4 is 5.56 Å². The molecule has 9 nitrogen and oxygen atoms in total. The Labute approximate surface area is 100 Å². The van der Waals surface area contributed by atoms with Gasteiger partial charge in [-0.15, -0.1) is 5.10 Å². The molecule has 2 heterocycles. The molecule has 0 amide bonds. The van der Waals surface area contributed by atoms with E-state index < -0.39 is 18.1 Å². The van der Waals surface area contributed by atoms with Crippen molar-refractivity contribution in [3.63, 3.8) is 0 Å². The Morgan fingerprint density at radius 2 is 2.33 bits per heavy atom. The molecule has 0 aliphatic carbocycles. The number of aliphatic carboxylic acids is 1. The number of nitrogens with one attached hydrogen (secondary N) is 1. The fourth-order valence-electron chi connectivity index (χ4n) is 1.41. The average Bonchev–Trinajstić information content (AvgIpc) is 2.70. The smallest absolute Gasteiger partial charge is 0.325 e. The Balaban J connectivity index is 2.46. The molecular weight excluding hydrogens is 242 g/mol. The van der Waals surface area contributed by atoms with Gasteiger partial charge in [-0.1, -0.05) is 5.21 Å². The van der Waals surface area contributed by atoms with Gasteiger partial charge in [0.15, 0.2) is 11.2 Å². The SMILES string of the molecule is CCOCc1nc2c(nnn2CC(=O)O)c(=O)[nH]1. The molecule has 2 aromatic heterocycles. The molecule has 0 bridgehead atoms. The summed E-state index contributed by atoms with van der Waals surface area (Å²) in [6.07, 6.45) is 0. The summed E-state index contributed by atoms with van der Waals surface area (Å²) >= 11 is 0. The molecule has 0 aliphatic heterocycles. The van der Waals surface area contributed by atoms with Gasteiger partial charge in [0, 0.05) is 6.61 Å². The van der Waals surface area contributed by atoms with Gasteiger partial charge in [-0.2, -0.15) is 0 Å². The fraction of sp³-hybridized carbons (Fsp3) is 0.444. The van der Waals surface area contributed by atoms with Crippen molar-refractivity contribution in [1.29, 1.82) is 0 Å². The van der Waals surface area contributed by atoms with Crippen molar-refractivity contribution in [1.82, 2.24) is 25.0 Å². The van der Waals surface area contributed by atoms with E-state index in [9.17, 15) is 9.59 Å². The lowest BCUT2D eigenvalue weighted by molar-refractivity contribution is -0.137. The van der Waals surface area contributed by atoms with Crippen molar-refractivity contribution in [2.24, 2.45) is 0 Å². The van der Waals surface area contributed by atoms with Crippen molar-refractivity contribution in [3.05, 3.63) is 16.2 Å². The normalized spacial score (nSPS) is 10.9. The lowest BCUT2D eigenvalue weighted by Crippen LogP contribution is -2.15. The number of carboxylic acid groups (broad SMARTS) is 1. The predicted molar refractivity (Wildman–Crippen MR) is 58.9 cm³/mol. The zero-order chi connectivity index (χ0) is 13.1. The average molecular weight is 253 g/mol. The van der Waals surface area contributed by atoms with Crippen LogP contribution in [0.15, 0.2) is 4.79 Å². The first kappa shape index (κ1) is 12.2. The lowest BCUT2D eigenvalue weighted by Gasteiger charge is -2.01. The topological polar surface area (TPSA) is 123 Å². The summed E-state index contributed by atoms with van der Waals surface area (Å²) in [4.78, 5) is 28.9. The molecule has 0 unspecified atom stereocenters. The van der Waals surface area contributed by atoms with Crippen molar-refractivity contribution in [2.75, 3.05) is 6.61 Å². The van der Waals surface area contributed by atoms with Gasteiger partial charge in [0.1, 0.15) is 19.0 Å². The Hall–Kier alpha value is -2.29. The Bertz CT molecular complexity index is 631. The maximum absolute atomic E-state index is 11.6. The molecule has 18 heavy (non-hydrogen) atoms. The minimum Gasteiger partial charge on any atom is -0.480 e. The van der Waals surface area contributed by atoms with E-state index in [0.717, 1.165) is 4.68 Å². The minimum atomic E-state index is -1.09. The van der Waals surface area contributed by atoms with Crippen LogP contribution >= 0.6 is 0 Å². The monoisotopic (exact) mass is 253 g/mol. The first-order valence-corrected chi connectivity index (χ1v) is 5.23. The molecule has 2 rings (SSSR count). The predicted octanol–water partition coefficient (Wildman–Crippen LogP) is -0.864. The van der Waals surface area contributed by atoms with Crippen LogP contribution in [0.3, 0.4) is 0 Å². The van der Waals surface area contributed by atoms with Gasteiger partial charge in [0.25, 0.3) is 5.56 Å². The number of aromatic nitrogens is 5. The second-order valence-electron chi connectivity index (χ2n) is 3.46. The summed E-state index contributed by atoms with van der Waals surface area (Å²) in [6.45, 7) is 2.03. The largest absolute Gasteiger partial charge is 0.480 e. The number of rotatable bonds is 5. The van der Waals surface area contributed by atoms with Crippen LogP contribution in [0.1, 0.15) is 12.7 Å². The third-order valence-electron chi connectivity index (χ3n) is 2.15. The lowest BCUT2D eigenvalue weighted by atomic mass is 10.5. The van der Waals surface area contributed by atoms with E-state index in [2.05, 4.69) is 20.3 Å². The van der Waals surface area contributed by atoms with E-state index in [1.165, 1.54) is 0 Å². The van der Waals surface area contributed by atoms with Crippen molar-refractivity contribution in [2.45, 2.75) is 20.1 Å². The van der Waals surface area contributed by atoms with Crippen LogP contribution in [-0.2, 0) is 22.7 Å². The van der Waals surface area contributed by atoms with Gasteiger partial charge in [-0.05, 0) is 6.92 Å². The third-order valence-corrected chi connectivity index (χ3v) is 2.15. The number of nitrogens with zero attached hydrogens (tertiary/aromatic N) is 4. The number of H-pyrrole nitrogens is 1. The van der Waals surface area contributed by atoms with E-state index in [0.29, 0.717) is 12.4 Å². The second kappa shape index (κ2) is 4.92. The van der Waals surface area contributed by atoms with Crippen LogP contribution in [0.4, 0.5) is 0 Å². The van der Waals surface area contributed by atoms with Crippen LogP contribution in [-0.4, -0.2) is 42.6 Å². The summed E-state index contributed by atoms with van der Waals surface area (Å²) in [5, 5.41) is 15.9. The molecule has 2 aromatic rings. The van der Waals surface area contributed by atoms with Gasteiger partial charge >= 0.3 is 5.97 Å². The zero-order valence-corrected chi connectivity index (χ0v) is 9.58.